The van der Waals surface area contributed by atoms with E-state index >= 15 is 0 Å². The first-order chi connectivity index (χ1) is 12.9. The Morgan fingerprint density at radius 2 is 1.81 bits per heavy atom. The maximum Gasteiger partial charge on any atom is 0.338 e. The van der Waals surface area contributed by atoms with Gasteiger partial charge in [-0.1, -0.05) is 11.6 Å². The minimum atomic E-state index is -0.843. The van der Waals surface area contributed by atoms with Crippen LogP contribution >= 0.6 is 11.6 Å². The lowest BCUT2D eigenvalue weighted by molar-refractivity contribution is -0.143. The molecule has 2 aromatic rings. The smallest absolute Gasteiger partial charge is 0.338 e. The van der Waals surface area contributed by atoms with Crippen molar-refractivity contribution in [3.8, 4) is 5.69 Å². The van der Waals surface area contributed by atoms with Crippen molar-refractivity contribution >= 4 is 23.5 Å². The van der Waals surface area contributed by atoms with Gasteiger partial charge in [0.15, 0.2) is 6.10 Å². The molecular weight excluding hydrogens is 370 g/mol. The maximum absolute atomic E-state index is 12.4. The zero-order valence-corrected chi connectivity index (χ0v) is 16.3. The minimum Gasteiger partial charge on any atom is -0.449 e. The third-order valence-corrected chi connectivity index (χ3v) is 5.05. The number of morpholine rings is 1. The van der Waals surface area contributed by atoms with Gasteiger partial charge in [0.1, 0.15) is 0 Å². The summed E-state index contributed by atoms with van der Waals surface area (Å²) in [6.07, 6.45) is -0.843. The number of benzene rings is 1. The van der Waals surface area contributed by atoms with Crippen LogP contribution < -0.4 is 0 Å². The first-order valence-electron chi connectivity index (χ1n) is 8.78. The molecule has 1 amide bonds. The number of esters is 1. The average Bonchev–Trinajstić information content (AvgIpc) is 2.95. The second kappa shape index (κ2) is 8.10. The molecule has 8 heteroatoms. The summed E-state index contributed by atoms with van der Waals surface area (Å²) < 4.78 is 12.3. The molecule has 144 valence electrons. The summed E-state index contributed by atoms with van der Waals surface area (Å²) in [4.78, 5) is 26.3. The average molecular weight is 392 g/mol. The van der Waals surface area contributed by atoms with Crippen LogP contribution in [0.4, 0.5) is 0 Å². The van der Waals surface area contributed by atoms with Gasteiger partial charge >= 0.3 is 5.97 Å². The molecule has 1 aliphatic heterocycles. The molecule has 1 fully saturated rings. The summed E-state index contributed by atoms with van der Waals surface area (Å²) >= 11 is 6.18. The Morgan fingerprint density at radius 1 is 1.19 bits per heavy atom. The quantitative estimate of drug-likeness (QED) is 0.749. The topological polar surface area (TPSA) is 73.7 Å². The highest BCUT2D eigenvalue weighted by molar-refractivity contribution is 6.31. The summed E-state index contributed by atoms with van der Waals surface area (Å²) in [5, 5.41) is 5.01. The van der Waals surface area contributed by atoms with Crippen LogP contribution in [0.2, 0.25) is 5.02 Å². The van der Waals surface area contributed by atoms with Crippen molar-refractivity contribution in [3.05, 3.63) is 46.2 Å². The highest BCUT2D eigenvalue weighted by Gasteiger charge is 2.25. The van der Waals surface area contributed by atoms with Crippen LogP contribution in [0.5, 0.6) is 0 Å². The van der Waals surface area contributed by atoms with E-state index in [0.29, 0.717) is 36.9 Å². The Bertz CT molecular complexity index is 841. The van der Waals surface area contributed by atoms with Crippen molar-refractivity contribution in [3.63, 3.8) is 0 Å². The molecule has 0 bridgehead atoms. The van der Waals surface area contributed by atoms with Crippen LogP contribution in [0, 0.1) is 13.8 Å². The van der Waals surface area contributed by atoms with E-state index in [4.69, 9.17) is 21.1 Å². The molecule has 1 saturated heterocycles. The Kier molecular flexibility index (Phi) is 5.82. The number of hydrogen-bond donors (Lipinski definition) is 0. The molecule has 1 aromatic heterocycles. The van der Waals surface area contributed by atoms with Crippen molar-refractivity contribution < 1.29 is 19.1 Å². The van der Waals surface area contributed by atoms with Crippen molar-refractivity contribution in [1.82, 2.24) is 14.7 Å². The van der Waals surface area contributed by atoms with E-state index in [1.54, 1.807) is 40.8 Å². The zero-order valence-electron chi connectivity index (χ0n) is 15.6. The number of rotatable bonds is 4. The van der Waals surface area contributed by atoms with Gasteiger partial charge in [-0.15, -0.1) is 0 Å². The highest BCUT2D eigenvalue weighted by Crippen LogP contribution is 2.22. The summed E-state index contributed by atoms with van der Waals surface area (Å²) in [5.41, 5.74) is 2.73. The van der Waals surface area contributed by atoms with Crippen LogP contribution in [0.25, 0.3) is 5.69 Å². The van der Waals surface area contributed by atoms with Crippen LogP contribution in [0.15, 0.2) is 24.3 Å². The van der Waals surface area contributed by atoms with E-state index in [1.807, 2.05) is 13.8 Å². The van der Waals surface area contributed by atoms with Gasteiger partial charge in [0.05, 0.1) is 40.9 Å². The van der Waals surface area contributed by atoms with Crippen LogP contribution in [0.1, 0.15) is 28.7 Å². The third-order valence-electron chi connectivity index (χ3n) is 4.50. The standard InChI is InChI=1S/C19H22ClN3O4/c1-12-17(20)13(2)23(21-12)16-6-4-15(5-7-16)19(25)27-14(3)18(24)22-8-10-26-11-9-22/h4-7,14H,8-11H2,1-3H3/t14-/m0/s1. The fraction of sp³-hybridized carbons (Fsp3) is 0.421. The summed E-state index contributed by atoms with van der Waals surface area (Å²) in [7, 11) is 0. The number of carbonyl (C=O) groups excluding carboxylic acids is 2. The van der Waals surface area contributed by atoms with Gasteiger partial charge in [-0.2, -0.15) is 5.10 Å². The predicted molar refractivity (Wildman–Crippen MR) is 100 cm³/mol. The minimum absolute atomic E-state index is 0.208. The normalized spacial score (nSPS) is 15.5. The predicted octanol–water partition coefficient (Wildman–Crippen LogP) is 2.55. The molecule has 27 heavy (non-hydrogen) atoms. The molecule has 0 saturated carbocycles. The van der Waals surface area contributed by atoms with Crippen molar-refractivity contribution in [2.24, 2.45) is 0 Å². The second-order valence-electron chi connectivity index (χ2n) is 6.43. The number of aromatic nitrogens is 2. The van der Waals surface area contributed by atoms with Crippen LogP contribution in [-0.2, 0) is 14.3 Å². The van der Waals surface area contributed by atoms with Gasteiger partial charge in [0.2, 0.25) is 0 Å². The second-order valence-corrected chi connectivity index (χ2v) is 6.81. The SMILES string of the molecule is Cc1nn(-c2ccc(C(=O)O[C@@H](C)C(=O)N3CCOCC3)cc2)c(C)c1Cl. The van der Waals surface area contributed by atoms with Crippen LogP contribution in [-0.4, -0.2) is 59.0 Å². The summed E-state index contributed by atoms with van der Waals surface area (Å²) in [5.74, 6) is -0.748. The summed E-state index contributed by atoms with van der Waals surface area (Å²) in [6, 6.07) is 6.82. The lowest BCUT2D eigenvalue weighted by Crippen LogP contribution is -2.46. The van der Waals surface area contributed by atoms with E-state index < -0.39 is 12.1 Å². The molecule has 3 rings (SSSR count). The molecule has 0 N–H and O–H groups in total. The van der Waals surface area contributed by atoms with Gasteiger partial charge in [0.25, 0.3) is 5.91 Å². The molecule has 2 heterocycles. The molecular formula is C19H22ClN3O4. The van der Waals surface area contributed by atoms with E-state index in [9.17, 15) is 9.59 Å². The number of aryl methyl sites for hydroxylation is 1. The summed E-state index contributed by atoms with van der Waals surface area (Å²) in [6.45, 7) is 7.34. The van der Waals surface area contributed by atoms with E-state index in [1.165, 1.54) is 0 Å². The monoisotopic (exact) mass is 391 g/mol. The van der Waals surface area contributed by atoms with E-state index in [-0.39, 0.29) is 5.91 Å². The van der Waals surface area contributed by atoms with Crippen molar-refractivity contribution in [2.75, 3.05) is 26.3 Å². The van der Waals surface area contributed by atoms with E-state index in [0.717, 1.165) is 17.1 Å². The number of hydrogen-bond acceptors (Lipinski definition) is 5. The van der Waals surface area contributed by atoms with Crippen molar-refractivity contribution in [1.29, 1.82) is 0 Å². The number of ether oxygens (including phenoxy) is 2. The van der Waals surface area contributed by atoms with Gasteiger partial charge in [-0.3, -0.25) is 4.79 Å². The number of nitrogens with zero attached hydrogens (tertiary/aromatic N) is 3. The lowest BCUT2D eigenvalue weighted by atomic mass is 10.2. The first kappa shape index (κ1) is 19.4. The molecule has 1 atom stereocenters. The molecule has 1 aromatic carbocycles. The van der Waals surface area contributed by atoms with Crippen molar-refractivity contribution in [2.45, 2.75) is 26.9 Å². The molecule has 0 spiro atoms. The first-order valence-corrected chi connectivity index (χ1v) is 9.16. The van der Waals surface area contributed by atoms with Gasteiger partial charge in [-0.05, 0) is 45.0 Å². The Hall–Kier alpha value is -2.38. The fourth-order valence-corrected chi connectivity index (χ4v) is 3.05. The lowest BCUT2D eigenvalue weighted by Gasteiger charge is -2.28. The van der Waals surface area contributed by atoms with Gasteiger partial charge < -0.3 is 14.4 Å². The molecule has 0 radical (unpaired) electrons. The number of carbonyl (C=O) groups is 2. The van der Waals surface area contributed by atoms with Gasteiger partial charge in [0, 0.05) is 13.1 Å². The molecule has 0 unspecified atom stereocenters. The Labute approximate surface area is 162 Å². The molecule has 0 aliphatic carbocycles. The van der Waals surface area contributed by atoms with E-state index in [2.05, 4.69) is 5.10 Å². The highest BCUT2D eigenvalue weighted by atomic mass is 35.5. The molecule has 7 nitrogen and oxygen atoms in total. The third kappa shape index (κ3) is 4.14. The van der Waals surface area contributed by atoms with Gasteiger partial charge in [-0.25, -0.2) is 9.48 Å². The largest absolute Gasteiger partial charge is 0.449 e. The van der Waals surface area contributed by atoms with Crippen LogP contribution in [0.3, 0.4) is 0 Å². The number of halogens is 1. The Morgan fingerprint density at radius 3 is 2.37 bits per heavy atom. The number of amides is 1. The molecule has 1 aliphatic rings. The maximum atomic E-state index is 12.4. The fourth-order valence-electron chi connectivity index (χ4n) is 2.93. The zero-order chi connectivity index (χ0) is 19.6. The Balaban J connectivity index is 1.66.